The molecule has 2 aromatic heterocycles. The van der Waals surface area contributed by atoms with E-state index in [2.05, 4.69) is 19.7 Å². The second kappa shape index (κ2) is 8.91. The normalized spacial score (nSPS) is 11.3. The molecule has 0 saturated carbocycles. The fourth-order valence-electron chi connectivity index (χ4n) is 3.24. The van der Waals surface area contributed by atoms with Crippen LogP contribution in [-0.4, -0.2) is 35.0 Å². The van der Waals surface area contributed by atoms with Crippen molar-refractivity contribution in [3.05, 3.63) is 78.1 Å². The number of ether oxygens (including phenoxy) is 2. The first kappa shape index (κ1) is 22.3. The summed E-state index contributed by atoms with van der Waals surface area (Å²) in [5.74, 6) is 3.12. The van der Waals surface area contributed by atoms with Crippen LogP contribution in [0.15, 0.2) is 65.8 Å². The Hall–Kier alpha value is -3.92. The molecule has 2 heterocycles. The fraction of sp³-hybridized carbons (Fsp3) is 0.174. The molecule has 0 radical (unpaired) electrons. The molecule has 0 atom stereocenters. The molecule has 10 heteroatoms. The van der Waals surface area contributed by atoms with Gasteiger partial charge < -0.3 is 9.47 Å². The molecule has 0 saturated heterocycles. The number of sulfonamides is 1. The SMILES string of the molecule is COc1ccc(C)cc1S(=O)(=O)Nc1ccc(Oc2cc(-n3ccnc3C)nc(C)n2)cc1. The lowest BCUT2D eigenvalue weighted by molar-refractivity contribution is 0.402. The molecule has 0 aliphatic carbocycles. The van der Waals surface area contributed by atoms with Gasteiger partial charge in [-0.05, 0) is 62.7 Å². The van der Waals surface area contributed by atoms with E-state index in [1.165, 1.54) is 7.11 Å². The van der Waals surface area contributed by atoms with Gasteiger partial charge in [0.25, 0.3) is 10.0 Å². The van der Waals surface area contributed by atoms with Crippen molar-refractivity contribution < 1.29 is 17.9 Å². The van der Waals surface area contributed by atoms with Gasteiger partial charge in [0.05, 0.1) is 7.11 Å². The Kier molecular flexibility index (Phi) is 6.01. The minimum absolute atomic E-state index is 0.0733. The van der Waals surface area contributed by atoms with Crippen molar-refractivity contribution in [1.82, 2.24) is 19.5 Å². The average molecular weight is 466 g/mol. The van der Waals surface area contributed by atoms with Crippen LogP contribution in [0.5, 0.6) is 17.4 Å². The van der Waals surface area contributed by atoms with Gasteiger partial charge in [-0.1, -0.05) is 6.07 Å². The number of methoxy groups -OCH3 is 1. The Labute approximate surface area is 192 Å². The van der Waals surface area contributed by atoms with Crippen LogP contribution in [0.4, 0.5) is 5.69 Å². The number of hydrogen-bond donors (Lipinski definition) is 1. The molecule has 0 fully saturated rings. The van der Waals surface area contributed by atoms with Crippen LogP contribution in [0.3, 0.4) is 0 Å². The van der Waals surface area contributed by atoms with E-state index < -0.39 is 10.0 Å². The molecule has 0 aliphatic heterocycles. The van der Waals surface area contributed by atoms with Crippen LogP contribution >= 0.6 is 0 Å². The highest BCUT2D eigenvalue weighted by atomic mass is 32.2. The fourth-order valence-corrected chi connectivity index (χ4v) is 4.55. The van der Waals surface area contributed by atoms with E-state index in [-0.39, 0.29) is 10.6 Å². The molecule has 33 heavy (non-hydrogen) atoms. The lowest BCUT2D eigenvalue weighted by atomic mass is 10.2. The smallest absolute Gasteiger partial charge is 0.265 e. The maximum atomic E-state index is 12.9. The molecule has 0 aliphatic rings. The van der Waals surface area contributed by atoms with Gasteiger partial charge >= 0.3 is 0 Å². The van der Waals surface area contributed by atoms with Crippen molar-refractivity contribution in [1.29, 1.82) is 0 Å². The molecule has 170 valence electrons. The number of benzene rings is 2. The predicted molar refractivity (Wildman–Crippen MR) is 124 cm³/mol. The van der Waals surface area contributed by atoms with E-state index in [0.717, 1.165) is 11.4 Å². The summed E-state index contributed by atoms with van der Waals surface area (Å²) in [5.41, 5.74) is 1.20. The largest absolute Gasteiger partial charge is 0.495 e. The van der Waals surface area contributed by atoms with Gasteiger partial charge in [-0.3, -0.25) is 9.29 Å². The van der Waals surface area contributed by atoms with Gasteiger partial charge in [0.1, 0.15) is 33.9 Å². The van der Waals surface area contributed by atoms with Gasteiger partial charge in [0.15, 0.2) is 0 Å². The highest BCUT2D eigenvalue weighted by Crippen LogP contribution is 2.28. The lowest BCUT2D eigenvalue weighted by Gasteiger charge is -2.13. The molecule has 0 amide bonds. The first-order valence-corrected chi connectivity index (χ1v) is 11.5. The van der Waals surface area contributed by atoms with Crippen LogP contribution in [0.25, 0.3) is 5.82 Å². The second-order valence-corrected chi connectivity index (χ2v) is 8.99. The van der Waals surface area contributed by atoms with E-state index in [0.29, 0.717) is 29.0 Å². The molecular formula is C23H23N5O4S. The van der Waals surface area contributed by atoms with Crippen LogP contribution in [0, 0.1) is 20.8 Å². The molecule has 0 spiro atoms. The Morgan fingerprint density at radius 1 is 0.970 bits per heavy atom. The minimum Gasteiger partial charge on any atom is -0.495 e. The molecule has 4 aromatic rings. The van der Waals surface area contributed by atoms with Gasteiger partial charge in [-0.2, -0.15) is 4.98 Å². The number of hydrogen-bond acceptors (Lipinski definition) is 7. The number of nitrogens with zero attached hydrogens (tertiary/aromatic N) is 4. The van der Waals surface area contributed by atoms with Crippen molar-refractivity contribution >= 4 is 15.7 Å². The second-order valence-electron chi connectivity index (χ2n) is 7.34. The zero-order chi connectivity index (χ0) is 23.6. The van der Waals surface area contributed by atoms with E-state index in [9.17, 15) is 8.42 Å². The van der Waals surface area contributed by atoms with Crippen LogP contribution < -0.4 is 14.2 Å². The number of anilines is 1. The third-order valence-electron chi connectivity index (χ3n) is 4.81. The zero-order valence-corrected chi connectivity index (χ0v) is 19.4. The van der Waals surface area contributed by atoms with Gasteiger partial charge in [-0.25, -0.2) is 18.4 Å². The third-order valence-corrected chi connectivity index (χ3v) is 6.21. The molecular weight excluding hydrogens is 442 g/mol. The maximum Gasteiger partial charge on any atom is 0.265 e. The summed E-state index contributed by atoms with van der Waals surface area (Å²) < 4.78 is 41.2. The minimum atomic E-state index is -3.84. The maximum absolute atomic E-state index is 12.9. The Balaban J connectivity index is 1.53. The molecule has 1 N–H and O–H groups in total. The number of aromatic nitrogens is 4. The number of rotatable bonds is 7. The third kappa shape index (κ3) is 4.96. The van der Waals surface area contributed by atoms with Crippen molar-refractivity contribution in [3.63, 3.8) is 0 Å². The highest BCUT2D eigenvalue weighted by molar-refractivity contribution is 7.92. The van der Waals surface area contributed by atoms with Crippen molar-refractivity contribution in [2.75, 3.05) is 11.8 Å². The summed E-state index contributed by atoms with van der Waals surface area (Å²) >= 11 is 0. The predicted octanol–water partition coefficient (Wildman–Crippen LogP) is 4.19. The Morgan fingerprint density at radius 3 is 2.39 bits per heavy atom. The molecule has 2 aromatic carbocycles. The van der Waals surface area contributed by atoms with Gasteiger partial charge in [0.2, 0.25) is 5.88 Å². The summed E-state index contributed by atoms with van der Waals surface area (Å²) in [6.45, 7) is 5.48. The number of aryl methyl sites for hydroxylation is 3. The topological polar surface area (TPSA) is 108 Å². The Bertz CT molecular complexity index is 1400. The van der Waals surface area contributed by atoms with Crippen molar-refractivity contribution in [2.24, 2.45) is 0 Å². The van der Waals surface area contributed by atoms with Crippen LogP contribution in [0.1, 0.15) is 17.2 Å². The molecule has 9 nitrogen and oxygen atoms in total. The van der Waals surface area contributed by atoms with E-state index >= 15 is 0 Å². The monoisotopic (exact) mass is 465 g/mol. The van der Waals surface area contributed by atoms with E-state index in [1.807, 2.05) is 24.6 Å². The summed E-state index contributed by atoms with van der Waals surface area (Å²) in [7, 11) is -2.40. The van der Waals surface area contributed by atoms with E-state index in [4.69, 9.17) is 9.47 Å². The number of imidazole rings is 1. The zero-order valence-electron chi connectivity index (χ0n) is 18.6. The molecule has 0 bridgehead atoms. The van der Waals surface area contributed by atoms with Crippen molar-refractivity contribution in [3.8, 4) is 23.2 Å². The molecule has 4 rings (SSSR count). The summed E-state index contributed by atoms with van der Waals surface area (Å²) in [6, 6.07) is 13.2. The summed E-state index contributed by atoms with van der Waals surface area (Å²) in [4.78, 5) is 13.0. The van der Waals surface area contributed by atoms with Gasteiger partial charge in [0, 0.05) is 24.1 Å². The van der Waals surface area contributed by atoms with Crippen molar-refractivity contribution in [2.45, 2.75) is 25.7 Å². The lowest BCUT2D eigenvalue weighted by Crippen LogP contribution is -2.14. The number of nitrogens with one attached hydrogen (secondary N) is 1. The standard InChI is InChI=1S/C23H23N5O4S/c1-15-5-10-20(31-4)21(13-15)33(29,30)27-18-6-8-19(9-7-18)32-23-14-22(25-16(2)26-23)28-12-11-24-17(28)3/h5-14,27H,1-4H3. The molecule has 0 unspecified atom stereocenters. The van der Waals surface area contributed by atoms with Gasteiger partial charge in [-0.15, -0.1) is 0 Å². The first-order valence-electron chi connectivity index (χ1n) is 10.1. The van der Waals surface area contributed by atoms with E-state index in [1.54, 1.807) is 61.7 Å². The highest BCUT2D eigenvalue weighted by Gasteiger charge is 2.20. The Morgan fingerprint density at radius 2 is 1.73 bits per heavy atom. The van der Waals surface area contributed by atoms with Crippen LogP contribution in [-0.2, 0) is 10.0 Å². The quantitative estimate of drug-likeness (QED) is 0.436. The summed E-state index contributed by atoms with van der Waals surface area (Å²) in [6.07, 6.45) is 3.50. The summed E-state index contributed by atoms with van der Waals surface area (Å²) in [5, 5.41) is 0. The first-order chi connectivity index (χ1) is 15.7. The average Bonchev–Trinajstić information content (AvgIpc) is 3.20. The van der Waals surface area contributed by atoms with Crippen LogP contribution in [0.2, 0.25) is 0 Å².